The van der Waals surface area contributed by atoms with Crippen molar-refractivity contribution in [1.29, 1.82) is 0 Å². The molecule has 0 aromatic heterocycles. The number of ketones is 1. The van der Waals surface area contributed by atoms with Gasteiger partial charge in [0.25, 0.3) is 5.91 Å². The molecule has 0 radical (unpaired) electrons. The van der Waals surface area contributed by atoms with Gasteiger partial charge in [0.2, 0.25) is 0 Å². The summed E-state index contributed by atoms with van der Waals surface area (Å²) >= 11 is 0. The molecule has 2 rings (SSSR count). The average Bonchev–Trinajstić information content (AvgIpc) is 2.63. The third-order valence-electron chi connectivity index (χ3n) is 3.90. The number of rotatable bonds is 8. The molecule has 0 aliphatic rings. The van der Waals surface area contributed by atoms with Crippen LogP contribution in [0.1, 0.15) is 36.2 Å². The molecule has 6 nitrogen and oxygen atoms in total. The summed E-state index contributed by atoms with van der Waals surface area (Å²) in [6.07, 6.45) is -0.966. The Kier molecular flexibility index (Phi) is 7.11. The normalized spacial score (nSPS) is 11.4. The number of hydrogen-bond acceptors (Lipinski definition) is 5. The number of anilines is 1. The Labute approximate surface area is 158 Å². The summed E-state index contributed by atoms with van der Waals surface area (Å²) in [6, 6.07) is 14.2. The first kappa shape index (κ1) is 20.2. The van der Waals surface area contributed by atoms with Gasteiger partial charge in [-0.3, -0.25) is 14.4 Å². The van der Waals surface area contributed by atoms with E-state index < -0.39 is 18.0 Å². The number of carbonyl (C=O) groups is 3. The van der Waals surface area contributed by atoms with E-state index in [9.17, 15) is 14.4 Å². The van der Waals surface area contributed by atoms with Crippen LogP contribution in [-0.4, -0.2) is 30.4 Å². The van der Waals surface area contributed by atoms with E-state index in [-0.39, 0.29) is 18.8 Å². The van der Waals surface area contributed by atoms with Crippen LogP contribution < -0.4 is 10.1 Å². The molecule has 142 valence electrons. The van der Waals surface area contributed by atoms with Crippen LogP contribution in [0.15, 0.2) is 48.5 Å². The number of esters is 1. The van der Waals surface area contributed by atoms with Gasteiger partial charge in [-0.25, -0.2) is 0 Å². The van der Waals surface area contributed by atoms with E-state index in [1.165, 1.54) is 13.8 Å². The van der Waals surface area contributed by atoms with Gasteiger partial charge in [0, 0.05) is 5.56 Å². The Balaban J connectivity index is 1.83. The van der Waals surface area contributed by atoms with Crippen molar-refractivity contribution < 1.29 is 23.9 Å². The second-order valence-corrected chi connectivity index (χ2v) is 6.09. The molecule has 6 heteroatoms. The van der Waals surface area contributed by atoms with Gasteiger partial charge in [-0.15, -0.1) is 0 Å². The van der Waals surface area contributed by atoms with E-state index in [1.807, 2.05) is 31.2 Å². The Bertz CT molecular complexity index is 831. The van der Waals surface area contributed by atoms with E-state index in [1.54, 1.807) is 24.3 Å². The maximum atomic E-state index is 12.2. The van der Waals surface area contributed by atoms with Crippen LogP contribution >= 0.6 is 0 Å². The summed E-state index contributed by atoms with van der Waals surface area (Å²) in [5, 5.41) is 2.62. The van der Waals surface area contributed by atoms with Crippen molar-refractivity contribution in [3.8, 4) is 5.75 Å². The van der Waals surface area contributed by atoms with Crippen LogP contribution in [0, 0.1) is 6.92 Å². The topological polar surface area (TPSA) is 81.7 Å². The first-order chi connectivity index (χ1) is 12.9. The minimum atomic E-state index is -0.990. The number of hydrogen-bond donors (Lipinski definition) is 1. The number of amides is 1. The molecule has 0 heterocycles. The SMILES string of the molecule is CC(=O)c1ccccc1NC(=O)[C@H](C)OC(=O)CCOc1ccccc1C. The quantitative estimate of drug-likeness (QED) is 0.568. The first-order valence-electron chi connectivity index (χ1n) is 8.67. The van der Waals surface area contributed by atoms with Crippen LogP contribution in [-0.2, 0) is 14.3 Å². The van der Waals surface area contributed by atoms with Crippen LogP contribution in [0.4, 0.5) is 5.69 Å². The van der Waals surface area contributed by atoms with E-state index in [2.05, 4.69) is 5.32 Å². The number of carbonyl (C=O) groups excluding carboxylic acids is 3. The minimum absolute atomic E-state index is 0.0238. The van der Waals surface area contributed by atoms with Crippen LogP contribution in [0.2, 0.25) is 0 Å². The molecule has 0 bridgehead atoms. The number of aryl methyl sites for hydroxylation is 1. The number of para-hydroxylation sites is 2. The molecule has 27 heavy (non-hydrogen) atoms. The summed E-state index contributed by atoms with van der Waals surface area (Å²) in [6.45, 7) is 4.97. The predicted octanol–water partition coefficient (Wildman–Crippen LogP) is 3.54. The van der Waals surface area contributed by atoms with Gasteiger partial charge < -0.3 is 14.8 Å². The lowest BCUT2D eigenvalue weighted by Gasteiger charge is -2.15. The Morgan fingerprint density at radius 2 is 1.70 bits per heavy atom. The van der Waals surface area contributed by atoms with Crippen molar-refractivity contribution in [3.63, 3.8) is 0 Å². The highest BCUT2D eigenvalue weighted by atomic mass is 16.5. The molecule has 1 atom stereocenters. The highest BCUT2D eigenvalue weighted by Crippen LogP contribution is 2.17. The van der Waals surface area contributed by atoms with Crippen molar-refractivity contribution in [1.82, 2.24) is 0 Å². The van der Waals surface area contributed by atoms with E-state index in [0.29, 0.717) is 17.0 Å². The van der Waals surface area contributed by atoms with Crippen LogP contribution in [0.5, 0.6) is 5.75 Å². The summed E-state index contributed by atoms with van der Waals surface area (Å²) in [4.78, 5) is 35.8. The van der Waals surface area contributed by atoms with Gasteiger partial charge in [-0.2, -0.15) is 0 Å². The van der Waals surface area contributed by atoms with Crippen molar-refractivity contribution in [2.45, 2.75) is 33.3 Å². The Morgan fingerprint density at radius 3 is 2.41 bits per heavy atom. The van der Waals surface area contributed by atoms with Gasteiger partial charge >= 0.3 is 5.97 Å². The summed E-state index contributed by atoms with van der Waals surface area (Å²) in [7, 11) is 0. The van der Waals surface area contributed by atoms with E-state index >= 15 is 0 Å². The third kappa shape index (κ3) is 5.95. The molecule has 0 unspecified atom stereocenters. The van der Waals surface area contributed by atoms with Gasteiger partial charge in [0.05, 0.1) is 18.7 Å². The largest absolute Gasteiger partial charge is 0.493 e. The zero-order chi connectivity index (χ0) is 19.8. The second kappa shape index (κ2) is 9.52. The number of nitrogens with one attached hydrogen (secondary N) is 1. The highest BCUT2D eigenvalue weighted by Gasteiger charge is 2.19. The maximum absolute atomic E-state index is 12.2. The van der Waals surface area contributed by atoms with Crippen LogP contribution in [0.25, 0.3) is 0 Å². The van der Waals surface area contributed by atoms with Gasteiger partial charge in [0.15, 0.2) is 11.9 Å². The van der Waals surface area contributed by atoms with Crippen molar-refractivity contribution >= 4 is 23.3 Å². The third-order valence-corrected chi connectivity index (χ3v) is 3.90. The first-order valence-corrected chi connectivity index (χ1v) is 8.67. The molecule has 0 saturated carbocycles. The molecule has 1 N–H and O–H groups in total. The molecule has 0 aliphatic carbocycles. The minimum Gasteiger partial charge on any atom is -0.493 e. The smallest absolute Gasteiger partial charge is 0.310 e. The number of benzene rings is 2. The molecule has 1 amide bonds. The molecule has 0 aliphatic heterocycles. The lowest BCUT2D eigenvalue weighted by Crippen LogP contribution is -2.30. The number of Topliss-reactive ketones (excluding diaryl/α,β-unsaturated/α-hetero) is 1. The molecular formula is C21H23NO5. The van der Waals surface area contributed by atoms with E-state index in [4.69, 9.17) is 9.47 Å². The molecule has 0 saturated heterocycles. The second-order valence-electron chi connectivity index (χ2n) is 6.09. The maximum Gasteiger partial charge on any atom is 0.310 e. The fourth-order valence-corrected chi connectivity index (χ4v) is 2.41. The average molecular weight is 369 g/mol. The molecule has 2 aromatic carbocycles. The Morgan fingerprint density at radius 1 is 1.04 bits per heavy atom. The molecule has 2 aromatic rings. The molecule has 0 spiro atoms. The van der Waals surface area contributed by atoms with Gasteiger partial charge in [-0.05, 0) is 44.5 Å². The van der Waals surface area contributed by atoms with Crippen molar-refractivity contribution in [2.75, 3.05) is 11.9 Å². The fourth-order valence-electron chi connectivity index (χ4n) is 2.41. The standard InChI is InChI=1S/C21H23NO5/c1-14-8-4-7-11-19(14)26-13-12-20(24)27-16(3)21(25)22-18-10-6-5-9-17(18)15(2)23/h4-11,16H,12-13H2,1-3H3,(H,22,25)/t16-/m0/s1. The van der Waals surface area contributed by atoms with Crippen LogP contribution in [0.3, 0.4) is 0 Å². The zero-order valence-corrected chi connectivity index (χ0v) is 15.7. The highest BCUT2D eigenvalue weighted by molar-refractivity contribution is 6.04. The fraction of sp³-hybridized carbons (Fsp3) is 0.286. The molecule has 0 fully saturated rings. The predicted molar refractivity (Wildman–Crippen MR) is 102 cm³/mol. The lowest BCUT2D eigenvalue weighted by molar-refractivity contribution is -0.153. The van der Waals surface area contributed by atoms with E-state index in [0.717, 1.165) is 5.56 Å². The van der Waals surface area contributed by atoms with Crippen molar-refractivity contribution in [3.05, 3.63) is 59.7 Å². The summed E-state index contributed by atoms with van der Waals surface area (Å²) in [5.41, 5.74) is 1.76. The van der Waals surface area contributed by atoms with Gasteiger partial charge in [-0.1, -0.05) is 30.3 Å². The lowest BCUT2D eigenvalue weighted by atomic mass is 10.1. The molecular weight excluding hydrogens is 346 g/mol. The monoisotopic (exact) mass is 369 g/mol. The number of ether oxygens (including phenoxy) is 2. The Hall–Kier alpha value is -3.15. The summed E-state index contributed by atoms with van der Waals surface area (Å²) < 4.78 is 10.7. The van der Waals surface area contributed by atoms with Gasteiger partial charge in [0.1, 0.15) is 5.75 Å². The summed E-state index contributed by atoms with van der Waals surface area (Å²) in [5.74, 6) is -0.496. The zero-order valence-electron chi connectivity index (χ0n) is 15.7. The van der Waals surface area contributed by atoms with Crippen molar-refractivity contribution in [2.24, 2.45) is 0 Å².